The lowest BCUT2D eigenvalue weighted by molar-refractivity contribution is -0.121. The number of rotatable bonds is 5. The first-order valence-electron chi connectivity index (χ1n) is 6.83. The van der Waals surface area contributed by atoms with E-state index in [0.29, 0.717) is 5.56 Å². The molecule has 0 unspecified atom stereocenters. The van der Waals surface area contributed by atoms with Gasteiger partial charge >= 0.3 is 0 Å². The first kappa shape index (κ1) is 14.4. The lowest BCUT2D eigenvalue weighted by atomic mass is 9.99. The molecule has 0 heterocycles. The molecule has 1 saturated carbocycles. The zero-order valence-corrected chi connectivity index (χ0v) is 11.4. The van der Waals surface area contributed by atoms with E-state index in [4.69, 9.17) is 5.26 Å². The highest BCUT2D eigenvalue weighted by molar-refractivity contribution is 5.81. The molecule has 0 bridgehead atoms. The number of aliphatic hydroxyl groups is 1. The molecule has 0 saturated heterocycles. The van der Waals surface area contributed by atoms with Crippen LogP contribution >= 0.6 is 0 Å². The van der Waals surface area contributed by atoms with Crippen molar-refractivity contribution in [3.8, 4) is 6.07 Å². The molecule has 1 amide bonds. The Labute approximate surface area is 118 Å². The van der Waals surface area contributed by atoms with Crippen LogP contribution in [0.25, 0.3) is 0 Å². The predicted molar refractivity (Wildman–Crippen MR) is 76.1 cm³/mol. The Bertz CT molecular complexity index is 499. The van der Waals surface area contributed by atoms with Crippen LogP contribution in [0, 0.1) is 11.3 Å². The summed E-state index contributed by atoms with van der Waals surface area (Å²) in [4.78, 5) is 11.9. The van der Waals surface area contributed by atoms with Gasteiger partial charge < -0.3 is 15.7 Å². The summed E-state index contributed by atoms with van der Waals surface area (Å²) in [5.74, 6) is -0.120. The molecule has 1 aliphatic rings. The van der Waals surface area contributed by atoms with Gasteiger partial charge in [-0.1, -0.05) is 12.8 Å². The lowest BCUT2D eigenvalue weighted by Crippen LogP contribution is -2.50. The summed E-state index contributed by atoms with van der Waals surface area (Å²) < 4.78 is 0. The fourth-order valence-electron chi connectivity index (χ4n) is 2.56. The number of amides is 1. The summed E-state index contributed by atoms with van der Waals surface area (Å²) in [7, 11) is 0. The molecule has 20 heavy (non-hydrogen) atoms. The normalized spacial score (nSPS) is 16.4. The van der Waals surface area contributed by atoms with E-state index < -0.39 is 5.54 Å². The molecule has 1 aliphatic carbocycles. The van der Waals surface area contributed by atoms with Gasteiger partial charge in [0.15, 0.2) is 0 Å². The fourth-order valence-corrected chi connectivity index (χ4v) is 2.56. The van der Waals surface area contributed by atoms with E-state index >= 15 is 0 Å². The quantitative estimate of drug-likeness (QED) is 0.757. The van der Waals surface area contributed by atoms with Crippen LogP contribution in [0.1, 0.15) is 31.2 Å². The Morgan fingerprint density at radius 3 is 2.50 bits per heavy atom. The molecule has 1 aromatic carbocycles. The topological polar surface area (TPSA) is 85.2 Å². The number of nitrogens with one attached hydrogen (secondary N) is 2. The summed E-state index contributed by atoms with van der Waals surface area (Å²) in [5, 5.41) is 24.1. The van der Waals surface area contributed by atoms with E-state index in [0.717, 1.165) is 31.4 Å². The standard InChI is InChI=1S/C15H19N3O2/c16-9-12-3-5-13(6-4-12)17-10-14(20)18-15(11-19)7-1-2-8-15/h3-6,17,19H,1-2,7-8,10-11H2,(H,18,20). The molecular weight excluding hydrogens is 254 g/mol. The minimum Gasteiger partial charge on any atom is -0.394 e. The second-order valence-corrected chi connectivity index (χ2v) is 5.24. The second kappa shape index (κ2) is 6.40. The molecule has 0 aliphatic heterocycles. The van der Waals surface area contributed by atoms with Gasteiger partial charge in [0, 0.05) is 5.69 Å². The summed E-state index contributed by atoms with van der Waals surface area (Å²) in [6, 6.07) is 8.98. The summed E-state index contributed by atoms with van der Waals surface area (Å²) in [5.41, 5.74) is 0.956. The maximum absolute atomic E-state index is 11.9. The van der Waals surface area contributed by atoms with Crippen molar-refractivity contribution in [2.45, 2.75) is 31.2 Å². The third-order valence-corrected chi connectivity index (χ3v) is 3.73. The van der Waals surface area contributed by atoms with Crippen LogP contribution in [0.3, 0.4) is 0 Å². The summed E-state index contributed by atoms with van der Waals surface area (Å²) in [6.07, 6.45) is 3.77. The number of aliphatic hydroxyl groups excluding tert-OH is 1. The Balaban J connectivity index is 1.84. The average molecular weight is 273 g/mol. The highest BCUT2D eigenvalue weighted by Gasteiger charge is 2.34. The van der Waals surface area contributed by atoms with Gasteiger partial charge in [-0.05, 0) is 37.1 Å². The molecule has 5 heteroatoms. The van der Waals surface area contributed by atoms with Crippen LogP contribution in [0.2, 0.25) is 0 Å². The molecule has 0 radical (unpaired) electrons. The Kier molecular flexibility index (Phi) is 4.59. The van der Waals surface area contributed by atoms with Gasteiger partial charge in [0.05, 0.1) is 30.3 Å². The molecule has 106 valence electrons. The molecule has 0 spiro atoms. The van der Waals surface area contributed by atoms with Gasteiger partial charge in [-0.25, -0.2) is 0 Å². The van der Waals surface area contributed by atoms with E-state index in [1.807, 2.05) is 6.07 Å². The SMILES string of the molecule is N#Cc1ccc(NCC(=O)NC2(CO)CCCC2)cc1. The van der Waals surface area contributed by atoms with Crippen molar-refractivity contribution in [3.05, 3.63) is 29.8 Å². The summed E-state index contributed by atoms with van der Waals surface area (Å²) in [6.45, 7) is 0.156. The molecule has 1 fully saturated rings. The van der Waals surface area contributed by atoms with Crippen molar-refractivity contribution in [2.75, 3.05) is 18.5 Å². The Morgan fingerprint density at radius 2 is 1.95 bits per heavy atom. The third kappa shape index (κ3) is 3.49. The number of nitriles is 1. The molecule has 5 nitrogen and oxygen atoms in total. The van der Waals surface area contributed by atoms with Gasteiger partial charge in [-0.3, -0.25) is 4.79 Å². The van der Waals surface area contributed by atoms with Gasteiger partial charge in [0.25, 0.3) is 0 Å². The van der Waals surface area contributed by atoms with Crippen molar-refractivity contribution in [2.24, 2.45) is 0 Å². The number of hydrogen-bond donors (Lipinski definition) is 3. The molecule has 0 aromatic heterocycles. The van der Waals surface area contributed by atoms with Crippen molar-refractivity contribution < 1.29 is 9.90 Å². The number of nitrogens with zero attached hydrogens (tertiary/aromatic N) is 1. The van der Waals surface area contributed by atoms with Gasteiger partial charge in [-0.2, -0.15) is 5.26 Å². The van der Waals surface area contributed by atoms with Crippen LogP contribution in [0.15, 0.2) is 24.3 Å². The van der Waals surface area contributed by atoms with E-state index in [2.05, 4.69) is 10.6 Å². The van der Waals surface area contributed by atoms with Gasteiger partial charge in [-0.15, -0.1) is 0 Å². The predicted octanol–water partition coefficient (Wildman–Crippen LogP) is 1.39. The maximum atomic E-state index is 11.9. The summed E-state index contributed by atoms with van der Waals surface area (Å²) >= 11 is 0. The highest BCUT2D eigenvalue weighted by Crippen LogP contribution is 2.28. The van der Waals surface area contributed by atoms with Crippen LogP contribution < -0.4 is 10.6 Å². The van der Waals surface area contributed by atoms with Gasteiger partial charge in [0.2, 0.25) is 5.91 Å². The van der Waals surface area contributed by atoms with Crippen LogP contribution in [-0.4, -0.2) is 29.7 Å². The van der Waals surface area contributed by atoms with E-state index in [-0.39, 0.29) is 19.1 Å². The molecular formula is C15H19N3O2. The minimum absolute atomic E-state index is 0.00436. The molecule has 0 atom stereocenters. The van der Waals surface area contributed by atoms with Crippen LogP contribution in [0.4, 0.5) is 5.69 Å². The van der Waals surface area contributed by atoms with Crippen molar-refractivity contribution in [3.63, 3.8) is 0 Å². The van der Waals surface area contributed by atoms with E-state index in [1.54, 1.807) is 24.3 Å². The Morgan fingerprint density at radius 1 is 1.30 bits per heavy atom. The van der Waals surface area contributed by atoms with Crippen molar-refractivity contribution in [1.29, 1.82) is 5.26 Å². The first-order chi connectivity index (χ1) is 9.67. The molecule has 1 aromatic rings. The number of carbonyl (C=O) groups is 1. The first-order valence-corrected chi connectivity index (χ1v) is 6.83. The fraction of sp³-hybridized carbons (Fsp3) is 0.467. The lowest BCUT2D eigenvalue weighted by Gasteiger charge is -2.28. The molecule has 2 rings (SSSR count). The largest absolute Gasteiger partial charge is 0.394 e. The number of benzene rings is 1. The van der Waals surface area contributed by atoms with E-state index in [9.17, 15) is 9.90 Å². The zero-order valence-electron chi connectivity index (χ0n) is 11.4. The maximum Gasteiger partial charge on any atom is 0.239 e. The van der Waals surface area contributed by atoms with Crippen molar-refractivity contribution in [1.82, 2.24) is 5.32 Å². The highest BCUT2D eigenvalue weighted by atomic mass is 16.3. The zero-order chi connectivity index (χ0) is 14.4. The minimum atomic E-state index is -0.427. The van der Waals surface area contributed by atoms with Crippen LogP contribution in [-0.2, 0) is 4.79 Å². The van der Waals surface area contributed by atoms with Crippen molar-refractivity contribution >= 4 is 11.6 Å². The number of hydrogen-bond acceptors (Lipinski definition) is 4. The number of carbonyl (C=O) groups excluding carboxylic acids is 1. The Hall–Kier alpha value is -2.06. The third-order valence-electron chi connectivity index (χ3n) is 3.73. The van der Waals surface area contributed by atoms with Crippen LogP contribution in [0.5, 0.6) is 0 Å². The molecule has 3 N–H and O–H groups in total. The number of anilines is 1. The van der Waals surface area contributed by atoms with Gasteiger partial charge in [0.1, 0.15) is 0 Å². The monoisotopic (exact) mass is 273 g/mol. The second-order valence-electron chi connectivity index (χ2n) is 5.24. The average Bonchev–Trinajstić information content (AvgIpc) is 2.95. The van der Waals surface area contributed by atoms with E-state index in [1.165, 1.54) is 0 Å². The smallest absolute Gasteiger partial charge is 0.239 e.